The number of hydrogen-bond acceptors (Lipinski definition) is 2. The number of hydrogen-bond donors (Lipinski definition) is 1. The number of rotatable bonds is 2. The quantitative estimate of drug-likeness (QED) is 0.591. The second kappa shape index (κ2) is 4.87. The van der Waals surface area contributed by atoms with E-state index in [4.69, 9.17) is 0 Å². The summed E-state index contributed by atoms with van der Waals surface area (Å²) in [5.74, 6) is 0. The van der Waals surface area contributed by atoms with Gasteiger partial charge in [-0.1, -0.05) is 12.1 Å². The number of H-pyrrole nitrogens is 1. The average molecular weight is 271 g/mol. The Morgan fingerprint density at radius 2 is 1.62 bits per heavy atom. The summed E-state index contributed by atoms with van der Waals surface area (Å²) in [6.07, 6.45) is 5.58. The molecule has 0 saturated carbocycles. The summed E-state index contributed by atoms with van der Waals surface area (Å²) in [4.78, 5) is 12.0. The lowest BCUT2D eigenvalue weighted by Gasteiger charge is -2.05. The van der Waals surface area contributed by atoms with Crippen LogP contribution >= 0.6 is 0 Å². The highest BCUT2D eigenvalue weighted by molar-refractivity contribution is 5.85. The Bertz CT molecular complexity index is 894. The molecule has 1 aromatic carbocycles. The number of nitrogens with one attached hydrogen (secondary N) is 1. The molecule has 4 rings (SSSR count). The zero-order chi connectivity index (χ0) is 14.1. The Morgan fingerprint density at radius 3 is 2.52 bits per heavy atom. The first-order valence-electron chi connectivity index (χ1n) is 6.85. The van der Waals surface area contributed by atoms with Crippen LogP contribution in [-0.4, -0.2) is 15.0 Å². The van der Waals surface area contributed by atoms with Gasteiger partial charge in [0.15, 0.2) is 0 Å². The van der Waals surface area contributed by atoms with E-state index < -0.39 is 0 Å². The Labute approximate surface area is 122 Å². The van der Waals surface area contributed by atoms with Gasteiger partial charge >= 0.3 is 0 Å². The maximum Gasteiger partial charge on any atom is 0.0892 e. The van der Waals surface area contributed by atoms with Crippen molar-refractivity contribution in [1.82, 2.24) is 15.0 Å². The first-order chi connectivity index (χ1) is 10.4. The second-order valence-corrected chi connectivity index (χ2v) is 4.92. The lowest BCUT2D eigenvalue weighted by Crippen LogP contribution is -1.87. The van der Waals surface area contributed by atoms with Crippen LogP contribution in [0.2, 0.25) is 0 Å². The highest BCUT2D eigenvalue weighted by Crippen LogP contribution is 2.26. The Morgan fingerprint density at radius 1 is 0.714 bits per heavy atom. The molecule has 0 aliphatic heterocycles. The summed E-state index contributed by atoms with van der Waals surface area (Å²) in [5, 5.41) is 1.21. The number of fused-ring (bicyclic) bond motifs is 1. The maximum absolute atomic E-state index is 4.42. The van der Waals surface area contributed by atoms with Gasteiger partial charge in [0.1, 0.15) is 0 Å². The van der Waals surface area contributed by atoms with E-state index in [2.05, 4.69) is 45.3 Å². The van der Waals surface area contributed by atoms with Gasteiger partial charge in [-0.3, -0.25) is 9.97 Å². The molecule has 0 atom stereocenters. The third kappa shape index (κ3) is 2.19. The summed E-state index contributed by atoms with van der Waals surface area (Å²) in [7, 11) is 0. The molecule has 3 heteroatoms. The topological polar surface area (TPSA) is 41.6 Å². The molecule has 0 spiro atoms. The molecule has 0 fully saturated rings. The highest BCUT2D eigenvalue weighted by Gasteiger charge is 2.04. The van der Waals surface area contributed by atoms with Gasteiger partial charge < -0.3 is 4.98 Å². The molecular formula is C18H13N3. The van der Waals surface area contributed by atoms with Gasteiger partial charge in [-0.05, 0) is 59.0 Å². The number of benzene rings is 1. The van der Waals surface area contributed by atoms with Gasteiger partial charge in [-0.25, -0.2) is 0 Å². The molecule has 0 aliphatic carbocycles. The molecule has 3 heterocycles. The summed E-state index contributed by atoms with van der Waals surface area (Å²) < 4.78 is 0. The minimum absolute atomic E-state index is 0.891. The van der Waals surface area contributed by atoms with Crippen molar-refractivity contribution in [2.75, 3.05) is 0 Å². The summed E-state index contributed by atoms with van der Waals surface area (Å²) >= 11 is 0. The van der Waals surface area contributed by atoms with E-state index in [1.807, 2.05) is 36.7 Å². The zero-order valence-electron chi connectivity index (χ0n) is 11.3. The molecule has 100 valence electrons. The van der Waals surface area contributed by atoms with Crippen LogP contribution in [0.5, 0.6) is 0 Å². The van der Waals surface area contributed by atoms with Gasteiger partial charge in [-0.2, -0.15) is 0 Å². The van der Waals surface area contributed by atoms with Crippen LogP contribution in [0.3, 0.4) is 0 Å². The van der Waals surface area contributed by atoms with Crippen molar-refractivity contribution in [1.29, 1.82) is 0 Å². The molecule has 0 saturated heterocycles. The van der Waals surface area contributed by atoms with Crippen molar-refractivity contribution in [3.63, 3.8) is 0 Å². The molecule has 0 amide bonds. The van der Waals surface area contributed by atoms with E-state index in [1.165, 1.54) is 10.9 Å². The Kier molecular flexibility index (Phi) is 2.75. The lowest BCUT2D eigenvalue weighted by atomic mass is 10.0. The van der Waals surface area contributed by atoms with Crippen molar-refractivity contribution in [2.45, 2.75) is 0 Å². The Hall–Kier alpha value is -2.94. The lowest BCUT2D eigenvalue weighted by molar-refractivity contribution is 1.25. The number of nitrogens with zero attached hydrogens (tertiary/aromatic N) is 2. The molecule has 3 aromatic heterocycles. The van der Waals surface area contributed by atoms with Crippen molar-refractivity contribution < 1.29 is 0 Å². The van der Waals surface area contributed by atoms with E-state index in [9.17, 15) is 0 Å². The highest BCUT2D eigenvalue weighted by atomic mass is 14.8. The molecule has 4 aromatic rings. The average Bonchev–Trinajstić information content (AvgIpc) is 3.03. The third-order valence-electron chi connectivity index (χ3n) is 3.57. The molecular weight excluding hydrogens is 258 g/mol. The normalized spacial score (nSPS) is 10.9. The van der Waals surface area contributed by atoms with E-state index in [0.717, 1.165) is 22.5 Å². The van der Waals surface area contributed by atoms with Crippen LogP contribution in [0.1, 0.15) is 0 Å². The van der Waals surface area contributed by atoms with Gasteiger partial charge in [0.25, 0.3) is 0 Å². The second-order valence-electron chi connectivity index (χ2n) is 4.92. The smallest absolute Gasteiger partial charge is 0.0892 e. The SMILES string of the molecule is c1ccc(-c2cc(-c3ccc4[nH]ccc4c3)ccn2)nc1. The van der Waals surface area contributed by atoms with Crippen LogP contribution in [0.15, 0.2) is 73.2 Å². The zero-order valence-corrected chi connectivity index (χ0v) is 11.3. The minimum atomic E-state index is 0.891. The summed E-state index contributed by atoms with van der Waals surface area (Å²) in [6, 6.07) is 18.5. The van der Waals surface area contributed by atoms with Gasteiger partial charge in [-0.15, -0.1) is 0 Å². The predicted octanol–water partition coefficient (Wildman–Crippen LogP) is 4.29. The van der Waals surface area contributed by atoms with Gasteiger partial charge in [0.05, 0.1) is 11.4 Å². The monoisotopic (exact) mass is 271 g/mol. The standard InChI is InChI=1S/C18H13N3/c1-2-8-19-17(3-1)18-12-14(6-9-21-18)13-4-5-16-15(11-13)7-10-20-16/h1-12,20H. The number of aromatic amines is 1. The van der Waals surface area contributed by atoms with Gasteiger partial charge in [0, 0.05) is 24.1 Å². The molecule has 3 nitrogen and oxygen atoms in total. The van der Waals surface area contributed by atoms with Crippen LogP contribution in [0.25, 0.3) is 33.4 Å². The fourth-order valence-electron chi connectivity index (χ4n) is 2.50. The fourth-order valence-corrected chi connectivity index (χ4v) is 2.50. The van der Waals surface area contributed by atoms with Crippen molar-refractivity contribution in [2.24, 2.45) is 0 Å². The van der Waals surface area contributed by atoms with Crippen molar-refractivity contribution >= 4 is 10.9 Å². The number of pyridine rings is 2. The molecule has 0 aliphatic rings. The van der Waals surface area contributed by atoms with Crippen LogP contribution in [0, 0.1) is 0 Å². The van der Waals surface area contributed by atoms with E-state index in [1.54, 1.807) is 6.20 Å². The predicted molar refractivity (Wildman–Crippen MR) is 84.8 cm³/mol. The molecule has 1 N–H and O–H groups in total. The van der Waals surface area contributed by atoms with Crippen LogP contribution in [0.4, 0.5) is 0 Å². The first kappa shape index (κ1) is 11.9. The maximum atomic E-state index is 4.42. The molecule has 0 radical (unpaired) electrons. The van der Waals surface area contributed by atoms with Crippen molar-refractivity contribution in [3.8, 4) is 22.5 Å². The van der Waals surface area contributed by atoms with Crippen molar-refractivity contribution in [3.05, 3.63) is 73.2 Å². The minimum Gasteiger partial charge on any atom is -0.361 e. The van der Waals surface area contributed by atoms with E-state index in [-0.39, 0.29) is 0 Å². The molecule has 0 unspecified atom stereocenters. The van der Waals surface area contributed by atoms with Crippen LogP contribution in [-0.2, 0) is 0 Å². The van der Waals surface area contributed by atoms with Gasteiger partial charge in [0.2, 0.25) is 0 Å². The summed E-state index contributed by atoms with van der Waals surface area (Å²) in [5.41, 5.74) is 5.26. The van der Waals surface area contributed by atoms with E-state index >= 15 is 0 Å². The fraction of sp³-hybridized carbons (Fsp3) is 0. The first-order valence-corrected chi connectivity index (χ1v) is 6.85. The number of aromatic nitrogens is 3. The molecule has 0 bridgehead atoms. The Balaban J connectivity index is 1.81. The van der Waals surface area contributed by atoms with E-state index in [0.29, 0.717) is 0 Å². The third-order valence-corrected chi connectivity index (χ3v) is 3.57. The van der Waals surface area contributed by atoms with Crippen LogP contribution < -0.4 is 0 Å². The molecule has 21 heavy (non-hydrogen) atoms. The largest absolute Gasteiger partial charge is 0.361 e. The summed E-state index contributed by atoms with van der Waals surface area (Å²) in [6.45, 7) is 0.